The molecule has 0 heterocycles. The Balaban J connectivity index is 1.81. The minimum Gasteiger partial charge on any atom is -0.492 e. The number of nitrogens with one attached hydrogen (secondary N) is 1. The van der Waals surface area contributed by atoms with Gasteiger partial charge >= 0.3 is 0 Å². The predicted octanol–water partition coefficient (Wildman–Crippen LogP) is 2.72. The van der Waals surface area contributed by atoms with Crippen molar-refractivity contribution in [2.75, 3.05) is 13.2 Å². The average Bonchev–Trinajstić information content (AvgIpc) is 2.54. The highest BCUT2D eigenvalue weighted by Crippen LogP contribution is 2.25. The van der Waals surface area contributed by atoms with Gasteiger partial charge in [0.15, 0.2) is 0 Å². The lowest BCUT2D eigenvalue weighted by Crippen LogP contribution is -2.17. The first kappa shape index (κ1) is 18.7. The first-order valence-electron chi connectivity index (χ1n) is 7.64. The van der Waals surface area contributed by atoms with Crippen molar-refractivity contribution in [2.24, 2.45) is 5.14 Å². The van der Waals surface area contributed by atoms with Crippen LogP contribution in [0, 0.1) is 0 Å². The van der Waals surface area contributed by atoms with Crippen LogP contribution < -0.4 is 15.2 Å². The van der Waals surface area contributed by atoms with Gasteiger partial charge in [-0.15, -0.1) is 0 Å². The van der Waals surface area contributed by atoms with Crippen molar-refractivity contribution in [1.29, 1.82) is 0 Å². The second-order valence-corrected chi connectivity index (χ2v) is 7.28. The van der Waals surface area contributed by atoms with Gasteiger partial charge in [-0.2, -0.15) is 0 Å². The maximum Gasteiger partial charge on any atom is 0.238 e. The predicted molar refractivity (Wildman–Crippen MR) is 95.8 cm³/mol. The third-order valence-corrected chi connectivity index (χ3v) is 4.69. The normalized spacial score (nSPS) is 11.5. The average molecular weight is 369 g/mol. The summed E-state index contributed by atoms with van der Waals surface area (Å²) < 4.78 is 27.8. The summed E-state index contributed by atoms with van der Waals surface area (Å²) in [5, 5.41) is 9.01. The Morgan fingerprint density at radius 1 is 1.12 bits per heavy atom. The van der Waals surface area contributed by atoms with E-state index in [1.54, 1.807) is 12.1 Å². The molecule has 0 atom stereocenters. The van der Waals surface area contributed by atoms with E-state index in [-0.39, 0.29) is 4.90 Å². The van der Waals surface area contributed by atoms with Crippen molar-refractivity contribution >= 4 is 21.6 Å². The number of nitrogens with two attached hydrogens (primary N) is 1. The molecular weight excluding hydrogens is 348 g/mol. The van der Waals surface area contributed by atoms with E-state index < -0.39 is 10.0 Å². The highest BCUT2D eigenvalue weighted by Gasteiger charge is 2.06. The second-order valence-electron chi connectivity index (χ2n) is 5.31. The van der Waals surface area contributed by atoms with E-state index in [9.17, 15) is 8.42 Å². The van der Waals surface area contributed by atoms with Gasteiger partial charge in [0, 0.05) is 6.54 Å². The molecule has 0 saturated heterocycles. The molecule has 0 aliphatic rings. The maximum absolute atomic E-state index is 11.2. The molecule has 3 N–H and O–H groups in total. The van der Waals surface area contributed by atoms with Crippen molar-refractivity contribution < 1.29 is 13.2 Å². The largest absolute Gasteiger partial charge is 0.492 e. The van der Waals surface area contributed by atoms with E-state index >= 15 is 0 Å². The number of primary sulfonamides is 1. The molecule has 0 fully saturated rings. The number of hydrogen-bond acceptors (Lipinski definition) is 4. The van der Waals surface area contributed by atoms with Gasteiger partial charge in [-0.25, -0.2) is 13.6 Å². The van der Waals surface area contributed by atoms with Gasteiger partial charge in [0.2, 0.25) is 10.0 Å². The van der Waals surface area contributed by atoms with Crippen LogP contribution in [0.4, 0.5) is 0 Å². The van der Waals surface area contributed by atoms with Gasteiger partial charge in [0.1, 0.15) is 5.75 Å². The lowest BCUT2D eigenvalue weighted by molar-refractivity contribution is 0.340. The summed E-state index contributed by atoms with van der Waals surface area (Å²) in [5.74, 6) is 0.692. The molecule has 24 heavy (non-hydrogen) atoms. The van der Waals surface area contributed by atoms with Crippen LogP contribution in [0.1, 0.15) is 18.1 Å². The Morgan fingerprint density at radius 2 is 1.79 bits per heavy atom. The molecule has 0 spiro atoms. The van der Waals surface area contributed by atoms with Crippen LogP contribution in [0.25, 0.3) is 0 Å². The van der Waals surface area contributed by atoms with Gasteiger partial charge in [-0.1, -0.05) is 29.8 Å². The van der Waals surface area contributed by atoms with E-state index in [0.29, 0.717) is 23.9 Å². The molecule has 0 aliphatic carbocycles. The summed E-state index contributed by atoms with van der Waals surface area (Å²) in [7, 11) is -3.63. The fourth-order valence-corrected chi connectivity index (χ4v) is 3.01. The van der Waals surface area contributed by atoms with Crippen LogP contribution in [0.2, 0.25) is 5.02 Å². The number of hydrogen-bond donors (Lipinski definition) is 2. The number of ether oxygens (including phenoxy) is 1. The molecule has 7 heteroatoms. The Morgan fingerprint density at radius 3 is 2.38 bits per heavy atom. The van der Waals surface area contributed by atoms with Crippen molar-refractivity contribution in [3.8, 4) is 5.75 Å². The number of sulfonamides is 1. The highest BCUT2D eigenvalue weighted by atomic mass is 35.5. The fraction of sp³-hybridized carbons (Fsp3) is 0.294. The lowest BCUT2D eigenvalue weighted by Gasteiger charge is -2.09. The Labute approximate surface area is 147 Å². The number of rotatable bonds is 8. The standard InChI is InChI=1S/C17H21ClN2O3S/c1-2-23-17-8-5-14(11-16(17)18)12-20-10-9-13-3-6-15(7-4-13)24(19,21)22/h3-8,11,20H,2,9-10,12H2,1H3,(H2,19,21,22). The van der Waals surface area contributed by atoms with E-state index in [0.717, 1.165) is 24.1 Å². The van der Waals surface area contributed by atoms with Gasteiger partial charge in [-0.05, 0) is 55.3 Å². The summed E-state index contributed by atoms with van der Waals surface area (Å²) in [4.78, 5) is 0.128. The topological polar surface area (TPSA) is 81.4 Å². The first-order chi connectivity index (χ1) is 11.4. The van der Waals surface area contributed by atoms with Crippen LogP contribution >= 0.6 is 11.6 Å². The molecule has 0 radical (unpaired) electrons. The SMILES string of the molecule is CCOc1ccc(CNCCc2ccc(S(N)(=O)=O)cc2)cc1Cl. The van der Waals surface area contributed by atoms with Crippen LogP contribution in [-0.4, -0.2) is 21.6 Å². The molecule has 0 aliphatic heterocycles. The molecule has 2 aromatic carbocycles. The second kappa shape index (κ2) is 8.48. The molecule has 0 amide bonds. The van der Waals surface area contributed by atoms with Crippen molar-refractivity contribution in [1.82, 2.24) is 5.32 Å². The highest BCUT2D eigenvalue weighted by molar-refractivity contribution is 7.89. The molecule has 2 rings (SSSR count). The van der Waals surface area contributed by atoms with E-state index in [1.807, 2.05) is 25.1 Å². The first-order valence-corrected chi connectivity index (χ1v) is 9.56. The van der Waals surface area contributed by atoms with Crippen molar-refractivity contribution in [3.05, 3.63) is 58.6 Å². The van der Waals surface area contributed by atoms with Crippen molar-refractivity contribution in [3.63, 3.8) is 0 Å². The number of halogens is 1. The van der Waals surface area contributed by atoms with Gasteiger partial charge in [-0.3, -0.25) is 0 Å². The van der Waals surface area contributed by atoms with E-state index in [1.165, 1.54) is 12.1 Å². The van der Waals surface area contributed by atoms with Crippen LogP contribution in [-0.2, 0) is 23.0 Å². The van der Waals surface area contributed by atoms with Gasteiger partial charge < -0.3 is 10.1 Å². The lowest BCUT2D eigenvalue weighted by atomic mass is 10.1. The van der Waals surface area contributed by atoms with E-state index in [4.69, 9.17) is 21.5 Å². The zero-order chi connectivity index (χ0) is 17.6. The fourth-order valence-electron chi connectivity index (χ4n) is 2.24. The maximum atomic E-state index is 11.2. The number of benzene rings is 2. The molecule has 5 nitrogen and oxygen atoms in total. The molecule has 130 valence electrons. The van der Waals surface area contributed by atoms with Crippen LogP contribution in [0.5, 0.6) is 5.75 Å². The van der Waals surface area contributed by atoms with Crippen LogP contribution in [0.3, 0.4) is 0 Å². The molecule has 0 saturated carbocycles. The van der Waals surface area contributed by atoms with Crippen molar-refractivity contribution in [2.45, 2.75) is 24.8 Å². The zero-order valence-corrected chi connectivity index (χ0v) is 15.0. The molecular formula is C17H21ClN2O3S. The molecule has 0 aromatic heterocycles. The minimum atomic E-state index is -3.63. The third-order valence-electron chi connectivity index (χ3n) is 3.47. The monoisotopic (exact) mass is 368 g/mol. The summed E-state index contributed by atoms with van der Waals surface area (Å²) in [6.07, 6.45) is 0.787. The zero-order valence-electron chi connectivity index (χ0n) is 13.5. The summed E-state index contributed by atoms with van der Waals surface area (Å²) in [6.45, 7) is 3.96. The Kier molecular flexibility index (Phi) is 6.62. The smallest absolute Gasteiger partial charge is 0.238 e. The Hall–Kier alpha value is -1.60. The van der Waals surface area contributed by atoms with Gasteiger partial charge in [0.05, 0.1) is 16.5 Å². The minimum absolute atomic E-state index is 0.128. The molecule has 0 unspecified atom stereocenters. The summed E-state index contributed by atoms with van der Waals surface area (Å²) in [6, 6.07) is 12.3. The third kappa shape index (κ3) is 5.49. The van der Waals surface area contributed by atoms with Crippen LogP contribution in [0.15, 0.2) is 47.4 Å². The molecule has 2 aromatic rings. The molecule has 0 bridgehead atoms. The van der Waals surface area contributed by atoms with E-state index in [2.05, 4.69) is 5.32 Å². The summed E-state index contributed by atoms with van der Waals surface area (Å²) in [5.41, 5.74) is 2.12. The Bertz CT molecular complexity index is 777. The summed E-state index contributed by atoms with van der Waals surface area (Å²) >= 11 is 6.16. The quantitative estimate of drug-likeness (QED) is 0.702. The van der Waals surface area contributed by atoms with Gasteiger partial charge in [0.25, 0.3) is 0 Å².